The number of hydrogen-bond acceptors (Lipinski definition) is 3. The molecule has 25 heavy (non-hydrogen) atoms. The second kappa shape index (κ2) is 4.45. The van der Waals surface area contributed by atoms with Crippen LogP contribution in [0, 0.1) is 0 Å². The van der Waals surface area contributed by atoms with E-state index in [-0.39, 0.29) is 18.0 Å². The van der Waals surface area contributed by atoms with Gasteiger partial charge in [-0.25, -0.2) is 0 Å². The number of hydrogen-bond donors (Lipinski definition) is 1. The van der Waals surface area contributed by atoms with Gasteiger partial charge in [0.25, 0.3) is 6.29 Å². The second-order valence-electron chi connectivity index (χ2n) is 6.66. The summed E-state index contributed by atoms with van der Waals surface area (Å²) in [5.74, 6) is 2.09. The van der Waals surface area contributed by atoms with E-state index in [1.807, 2.05) is 24.3 Å². The van der Waals surface area contributed by atoms with E-state index in [0.717, 1.165) is 27.8 Å². The molecule has 0 spiro atoms. The van der Waals surface area contributed by atoms with Crippen LogP contribution in [-0.4, -0.2) is 11.4 Å². The van der Waals surface area contributed by atoms with Crippen molar-refractivity contribution in [3.05, 3.63) is 77.9 Å². The molecule has 2 heterocycles. The third kappa shape index (κ3) is 1.65. The number of ether oxygens (including phenoxy) is 2. The fourth-order valence-electron chi connectivity index (χ4n) is 4.27. The number of aromatic hydroxyl groups is 1. The van der Waals surface area contributed by atoms with Crippen LogP contribution in [0.4, 0.5) is 0 Å². The Labute approximate surface area is 144 Å². The van der Waals surface area contributed by atoms with Crippen LogP contribution in [0.3, 0.4) is 0 Å². The first-order valence-electron chi connectivity index (χ1n) is 8.40. The van der Waals surface area contributed by atoms with E-state index < -0.39 is 0 Å². The smallest absolute Gasteiger partial charge is 0.252 e. The average Bonchev–Trinajstić information content (AvgIpc) is 3.16. The van der Waals surface area contributed by atoms with Crippen LogP contribution in [0.15, 0.2) is 66.7 Å². The van der Waals surface area contributed by atoms with Crippen molar-refractivity contribution in [3.8, 4) is 17.2 Å². The molecule has 4 aromatic carbocycles. The van der Waals surface area contributed by atoms with Crippen LogP contribution in [0.25, 0.3) is 21.5 Å². The lowest BCUT2D eigenvalue weighted by atomic mass is 9.86. The molecule has 0 bridgehead atoms. The molecule has 2 atom stereocenters. The summed E-state index contributed by atoms with van der Waals surface area (Å²) in [5.41, 5.74) is 2.35. The molecule has 120 valence electrons. The maximum Gasteiger partial charge on any atom is 0.252 e. The van der Waals surface area contributed by atoms with Crippen molar-refractivity contribution in [1.82, 2.24) is 0 Å². The third-order valence-corrected chi connectivity index (χ3v) is 5.32. The molecule has 0 amide bonds. The lowest BCUT2D eigenvalue weighted by Crippen LogP contribution is -2.19. The Balaban J connectivity index is 1.69. The van der Waals surface area contributed by atoms with E-state index in [4.69, 9.17) is 9.47 Å². The van der Waals surface area contributed by atoms with Crippen LogP contribution in [0.2, 0.25) is 0 Å². The fraction of sp³-hybridized carbons (Fsp3) is 0.0909. The average molecular weight is 326 g/mol. The summed E-state index contributed by atoms with van der Waals surface area (Å²) in [6, 6.07) is 22.0. The zero-order valence-corrected chi connectivity index (χ0v) is 13.3. The van der Waals surface area contributed by atoms with E-state index >= 15 is 0 Å². The Morgan fingerprint density at radius 1 is 0.680 bits per heavy atom. The monoisotopic (exact) mass is 326 g/mol. The summed E-state index contributed by atoms with van der Waals surface area (Å²) in [4.78, 5) is 0. The second-order valence-corrected chi connectivity index (χ2v) is 6.66. The molecule has 0 unspecified atom stereocenters. The van der Waals surface area contributed by atoms with Gasteiger partial charge in [-0.05, 0) is 45.8 Å². The van der Waals surface area contributed by atoms with Crippen LogP contribution >= 0.6 is 0 Å². The highest BCUT2D eigenvalue weighted by Crippen LogP contribution is 2.54. The van der Waals surface area contributed by atoms with Gasteiger partial charge in [-0.15, -0.1) is 0 Å². The fourth-order valence-corrected chi connectivity index (χ4v) is 4.27. The molecule has 2 aliphatic rings. The van der Waals surface area contributed by atoms with E-state index in [1.54, 1.807) is 12.1 Å². The molecule has 0 aliphatic carbocycles. The Morgan fingerprint density at radius 3 is 2.16 bits per heavy atom. The van der Waals surface area contributed by atoms with Gasteiger partial charge in [-0.3, -0.25) is 0 Å². The van der Waals surface area contributed by atoms with E-state index in [2.05, 4.69) is 30.3 Å². The predicted molar refractivity (Wildman–Crippen MR) is 96.4 cm³/mol. The van der Waals surface area contributed by atoms with Crippen LogP contribution < -0.4 is 9.47 Å². The van der Waals surface area contributed by atoms with Crippen molar-refractivity contribution in [2.24, 2.45) is 0 Å². The van der Waals surface area contributed by atoms with Crippen molar-refractivity contribution < 1.29 is 14.6 Å². The van der Waals surface area contributed by atoms with Crippen LogP contribution in [0.1, 0.15) is 17.0 Å². The summed E-state index contributed by atoms with van der Waals surface area (Å²) in [5, 5.41) is 14.3. The molecule has 3 heteroatoms. The lowest BCUT2D eigenvalue weighted by molar-refractivity contribution is 0.0330. The van der Waals surface area contributed by atoms with E-state index in [0.29, 0.717) is 0 Å². The lowest BCUT2D eigenvalue weighted by Gasteiger charge is -2.12. The van der Waals surface area contributed by atoms with Gasteiger partial charge < -0.3 is 14.6 Å². The first kappa shape index (κ1) is 13.1. The van der Waals surface area contributed by atoms with Crippen LogP contribution in [0.5, 0.6) is 17.2 Å². The highest BCUT2D eigenvalue weighted by Gasteiger charge is 2.45. The van der Waals surface area contributed by atoms with Gasteiger partial charge in [0, 0.05) is 11.1 Å². The number of phenolic OH excluding ortho intramolecular Hbond substituents is 1. The van der Waals surface area contributed by atoms with Gasteiger partial charge in [0.15, 0.2) is 0 Å². The molecular formula is C22H14O3. The maximum atomic E-state index is 9.81. The Hall–Kier alpha value is -3.20. The summed E-state index contributed by atoms with van der Waals surface area (Å²) in [6.45, 7) is 0. The van der Waals surface area contributed by atoms with Gasteiger partial charge in [0.1, 0.15) is 17.2 Å². The molecule has 0 radical (unpaired) electrons. The Bertz CT molecular complexity index is 1180. The van der Waals surface area contributed by atoms with Gasteiger partial charge in [-0.2, -0.15) is 0 Å². The molecule has 0 saturated heterocycles. The zero-order chi connectivity index (χ0) is 16.5. The van der Waals surface area contributed by atoms with Crippen LogP contribution in [-0.2, 0) is 0 Å². The highest BCUT2D eigenvalue weighted by atomic mass is 16.7. The van der Waals surface area contributed by atoms with Crippen molar-refractivity contribution in [1.29, 1.82) is 0 Å². The van der Waals surface area contributed by atoms with Gasteiger partial charge in [0.2, 0.25) is 0 Å². The largest absolute Gasteiger partial charge is 0.508 e. The van der Waals surface area contributed by atoms with E-state index in [9.17, 15) is 5.11 Å². The van der Waals surface area contributed by atoms with Crippen molar-refractivity contribution in [2.45, 2.75) is 12.2 Å². The number of phenols is 1. The van der Waals surface area contributed by atoms with Crippen molar-refractivity contribution in [3.63, 3.8) is 0 Å². The minimum absolute atomic E-state index is 0.0457. The molecule has 6 rings (SSSR count). The normalized spacial score (nSPS) is 20.0. The van der Waals surface area contributed by atoms with Crippen molar-refractivity contribution >= 4 is 21.5 Å². The van der Waals surface area contributed by atoms with Gasteiger partial charge in [-0.1, -0.05) is 42.5 Å². The molecule has 4 aromatic rings. The SMILES string of the molecule is Oc1ccc2c3c(ccc2c1)O[C@@H]1Oc2ccc4ccccc4c2[C@H]31. The topological polar surface area (TPSA) is 38.7 Å². The molecule has 0 saturated carbocycles. The molecule has 2 aliphatic heterocycles. The Morgan fingerprint density at radius 2 is 1.36 bits per heavy atom. The summed E-state index contributed by atoms with van der Waals surface area (Å²) in [6.07, 6.45) is -0.324. The minimum Gasteiger partial charge on any atom is -0.508 e. The molecule has 0 fully saturated rings. The molecule has 0 aromatic heterocycles. The first-order chi connectivity index (χ1) is 12.3. The first-order valence-corrected chi connectivity index (χ1v) is 8.40. The van der Waals surface area contributed by atoms with E-state index in [1.165, 1.54) is 16.3 Å². The summed E-state index contributed by atoms with van der Waals surface area (Å²) < 4.78 is 12.2. The zero-order valence-electron chi connectivity index (χ0n) is 13.3. The molecule has 1 N–H and O–H groups in total. The number of benzene rings is 4. The maximum absolute atomic E-state index is 9.81. The quantitative estimate of drug-likeness (QED) is 0.497. The third-order valence-electron chi connectivity index (χ3n) is 5.32. The highest BCUT2D eigenvalue weighted by molar-refractivity contribution is 5.94. The standard InChI is InChI=1S/C22H14O3/c23-14-7-8-16-13(11-14)6-10-18-20(16)21-19-15-4-2-1-3-12(15)5-9-17(19)24-22(21)25-18/h1-11,21-23H/t21-,22+/m1/s1. The number of rotatable bonds is 0. The number of fused-ring (bicyclic) bond motifs is 9. The van der Waals surface area contributed by atoms with Gasteiger partial charge in [0.05, 0.1) is 5.92 Å². The predicted octanol–water partition coefficient (Wildman–Crippen LogP) is 4.94. The van der Waals surface area contributed by atoms with Crippen molar-refractivity contribution in [2.75, 3.05) is 0 Å². The Kier molecular flexibility index (Phi) is 2.34. The molecule has 3 nitrogen and oxygen atoms in total. The summed E-state index contributed by atoms with van der Waals surface area (Å²) >= 11 is 0. The minimum atomic E-state index is -0.324. The van der Waals surface area contributed by atoms with Gasteiger partial charge >= 0.3 is 0 Å². The molecular weight excluding hydrogens is 312 g/mol. The summed E-state index contributed by atoms with van der Waals surface area (Å²) in [7, 11) is 0.